The first kappa shape index (κ1) is 17.9. The number of carbonyl (C=O) groups excluding carboxylic acids is 1. The lowest BCUT2D eigenvalue weighted by Crippen LogP contribution is -2.30. The number of hydrogen-bond acceptors (Lipinski definition) is 3. The van der Waals surface area contributed by atoms with E-state index >= 15 is 0 Å². The topological polar surface area (TPSA) is 64.0 Å². The average molecular weight is 390 g/mol. The second kappa shape index (κ2) is 7.66. The van der Waals surface area contributed by atoms with Crippen molar-refractivity contribution in [3.8, 4) is 0 Å². The molecular weight excluding hydrogens is 374 g/mol. The minimum absolute atomic E-state index is 0.0522. The second-order valence-corrected chi connectivity index (χ2v) is 6.75. The smallest absolute Gasteiger partial charge is 0.265 e. The van der Waals surface area contributed by atoms with Gasteiger partial charge < -0.3 is 5.32 Å². The molecule has 0 aliphatic heterocycles. The molecule has 4 rings (SSSR count). The maximum Gasteiger partial charge on any atom is 0.265 e. The maximum atomic E-state index is 13.1. The van der Waals surface area contributed by atoms with Gasteiger partial charge >= 0.3 is 0 Å². The zero-order valence-electron chi connectivity index (χ0n) is 14.8. The van der Waals surface area contributed by atoms with Gasteiger partial charge in [0.15, 0.2) is 0 Å². The summed E-state index contributed by atoms with van der Waals surface area (Å²) >= 11 is 5.97. The van der Waals surface area contributed by atoms with E-state index in [1.165, 1.54) is 4.57 Å². The number of benzene rings is 2. The molecule has 1 N–H and O–H groups in total. The van der Waals surface area contributed by atoms with Gasteiger partial charge in [0.2, 0.25) is 0 Å². The number of halogens is 1. The van der Waals surface area contributed by atoms with Gasteiger partial charge in [-0.05, 0) is 42.0 Å². The molecule has 1 amide bonds. The van der Waals surface area contributed by atoms with Crippen molar-refractivity contribution in [2.75, 3.05) is 5.32 Å². The molecule has 0 fully saturated rings. The summed E-state index contributed by atoms with van der Waals surface area (Å²) < 4.78 is 1.53. The van der Waals surface area contributed by atoms with Crippen molar-refractivity contribution in [1.29, 1.82) is 0 Å². The van der Waals surface area contributed by atoms with Gasteiger partial charge in [0.25, 0.3) is 11.5 Å². The number of aromatic nitrogens is 2. The Morgan fingerprint density at radius 3 is 2.61 bits per heavy atom. The van der Waals surface area contributed by atoms with Gasteiger partial charge in [0, 0.05) is 22.3 Å². The first-order valence-corrected chi connectivity index (χ1v) is 9.09. The van der Waals surface area contributed by atoms with Crippen LogP contribution in [0, 0.1) is 0 Å². The molecule has 0 radical (unpaired) electrons. The number of carbonyl (C=O) groups is 1. The van der Waals surface area contributed by atoms with Crippen molar-refractivity contribution in [1.82, 2.24) is 9.55 Å². The highest BCUT2D eigenvalue weighted by Gasteiger charge is 2.17. The minimum atomic E-state index is -0.486. The number of hydrogen-bond donors (Lipinski definition) is 1. The molecule has 2 aromatic heterocycles. The Bertz CT molecular complexity index is 1220. The molecule has 0 bridgehead atoms. The Morgan fingerprint density at radius 1 is 1.00 bits per heavy atom. The maximum absolute atomic E-state index is 13.1. The molecule has 0 aliphatic carbocycles. The fraction of sp³-hybridized carbons (Fsp3) is 0.0455. The molecule has 2 heterocycles. The van der Waals surface area contributed by atoms with E-state index in [2.05, 4.69) is 10.3 Å². The third-order valence-electron chi connectivity index (χ3n) is 4.36. The third kappa shape index (κ3) is 3.66. The molecule has 0 saturated heterocycles. The van der Waals surface area contributed by atoms with Crippen molar-refractivity contribution in [3.63, 3.8) is 0 Å². The first-order valence-electron chi connectivity index (χ1n) is 8.71. The van der Waals surface area contributed by atoms with Gasteiger partial charge in [-0.25, -0.2) is 4.98 Å². The van der Waals surface area contributed by atoms with Crippen LogP contribution in [0.3, 0.4) is 0 Å². The summed E-state index contributed by atoms with van der Waals surface area (Å²) in [6, 6.07) is 21.6. The second-order valence-electron chi connectivity index (χ2n) is 6.32. The number of anilines is 1. The molecule has 5 nitrogen and oxygen atoms in total. The lowest BCUT2D eigenvalue weighted by atomic mass is 10.1. The molecular formula is C22H16ClN3O2. The highest BCUT2D eigenvalue weighted by molar-refractivity contribution is 6.31. The molecule has 4 aromatic rings. The molecule has 0 atom stereocenters. The molecule has 28 heavy (non-hydrogen) atoms. The standard InChI is InChI=1S/C22H16ClN3O2/c23-17-9-4-10-18(13-17)25-21(27)19-12-16-8-5-11-24-20(16)26(22(19)28)14-15-6-2-1-3-7-15/h1-13H,14H2,(H,25,27). The number of nitrogens with zero attached hydrogens (tertiary/aromatic N) is 2. The first-order chi connectivity index (χ1) is 13.6. The lowest BCUT2D eigenvalue weighted by Gasteiger charge is -2.12. The summed E-state index contributed by atoms with van der Waals surface area (Å²) in [5.74, 6) is -0.486. The monoisotopic (exact) mass is 389 g/mol. The van der Waals surface area contributed by atoms with E-state index in [1.54, 1.807) is 42.6 Å². The van der Waals surface area contributed by atoms with Gasteiger partial charge in [0.1, 0.15) is 11.2 Å². The van der Waals surface area contributed by atoms with Crippen LogP contribution in [-0.2, 0) is 6.54 Å². The summed E-state index contributed by atoms with van der Waals surface area (Å²) in [6.07, 6.45) is 1.63. The van der Waals surface area contributed by atoms with Gasteiger partial charge in [0.05, 0.1) is 6.54 Å². The molecule has 0 aliphatic rings. The van der Waals surface area contributed by atoms with Crippen LogP contribution in [-0.4, -0.2) is 15.5 Å². The summed E-state index contributed by atoms with van der Waals surface area (Å²) in [5, 5.41) is 3.96. The lowest BCUT2D eigenvalue weighted by molar-refractivity contribution is 0.102. The van der Waals surface area contributed by atoms with Crippen molar-refractivity contribution < 1.29 is 4.79 Å². The van der Waals surface area contributed by atoms with Crippen molar-refractivity contribution in [3.05, 3.63) is 105 Å². The Hall–Kier alpha value is -3.44. The van der Waals surface area contributed by atoms with E-state index in [4.69, 9.17) is 11.6 Å². The van der Waals surface area contributed by atoms with E-state index in [0.29, 0.717) is 28.3 Å². The predicted molar refractivity (Wildman–Crippen MR) is 111 cm³/mol. The Balaban J connectivity index is 1.79. The van der Waals surface area contributed by atoms with E-state index in [1.807, 2.05) is 36.4 Å². The van der Waals surface area contributed by atoms with Gasteiger partial charge in [-0.1, -0.05) is 48.0 Å². The Kier molecular flexibility index (Phi) is 4.91. The quantitative estimate of drug-likeness (QED) is 0.564. The molecule has 6 heteroatoms. The van der Waals surface area contributed by atoms with Crippen molar-refractivity contribution in [2.45, 2.75) is 6.54 Å². The SMILES string of the molecule is O=C(Nc1cccc(Cl)c1)c1cc2cccnc2n(Cc2ccccc2)c1=O. The number of fused-ring (bicyclic) bond motifs is 1. The fourth-order valence-electron chi connectivity index (χ4n) is 3.05. The fourth-order valence-corrected chi connectivity index (χ4v) is 3.24. The van der Waals surface area contributed by atoms with Crippen molar-refractivity contribution >= 4 is 34.2 Å². The van der Waals surface area contributed by atoms with Crippen LogP contribution in [0.25, 0.3) is 11.0 Å². The summed E-state index contributed by atoms with van der Waals surface area (Å²) in [5.41, 5.74) is 1.67. The highest BCUT2D eigenvalue weighted by Crippen LogP contribution is 2.17. The van der Waals surface area contributed by atoms with Crippen LogP contribution < -0.4 is 10.9 Å². The number of rotatable bonds is 4. The highest BCUT2D eigenvalue weighted by atomic mass is 35.5. The van der Waals surface area contributed by atoms with Gasteiger partial charge in [-0.3, -0.25) is 14.2 Å². The van der Waals surface area contributed by atoms with Crippen LogP contribution in [0.1, 0.15) is 15.9 Å². The third-order valence-corrected chi connectivity index (χ3v) is 4.59. The van der Waals surface area contributed by atoms with E-state index in [9.17, 15) is 9.59 Å². The number of amides is 1. The van der Waals surface area contributed by atoms with Crippen molar-refractivity contribution in [2.24, 2.45) is 0 Å². The van der Waals surface area contributed by atoms with Crippen LogP contribution >= 0.6 is 11.6 Å². The van der Waals surface area contributed by atoms with Crippen LogP contribution in [0.2, 0.25) is 5.02 Å². The predicted octanol–water partition coefficient (Wildman–Crippen LogP) is 4.35. The van der Waals surface area contributed by atoms with E-state index in [0.717, 1.165) is 5.56 Å². The molecule has 0 saturated carbocycles. The molecule has 0 spiro atoms. The van der Waals surface area contributed by atoms with Crippen LogP contribution in [0.5, 0.6) is 0 Å². The Morgan fingerprint density at radius 2 is 1.82 bits per heavy atom. The molecule has 138 valence electrons. The summed E-state index contributed by atoms with van der Waals surface area (Å²) in [6.45, 7) is 0.325. The van der Waals surface area contributed by atoms with Gasteiger partial charge in [-0.15, -0.1) is 0 Å². The van der Waals surface area contributed by atoms with Crippen LogP contribution in [0.4, 0.5) is 5.69 Å². The van der Waals surface area contributed by atoms with E-state index < -0.39 is 11.5 Å². The molecule has 2 aromatic carbocycles. The van der Waals surface area contributed by atoms with Gasteiger partial charge in [-0.2, -0.15) is 0 Å². The normalized spacial score (nSPS) is 10.8. The zero-order chi connectivity index (χ0) is 19.5. The number of nitrogens with one attached hydrogen (secondary N) is 1. The number of pyridine rings is 2. The zero-order valence-corrected chi connectivity index (χ0v) is 15.6. The van der Waals surface area contributed by atoms with Crippen LogP contribution in [0.15, 0.2) is 83.8 Å². The summed E-state index contributed by atoms with van der Waals surface area (Å²) in [7, 11) is 0. The molecule has 0 unspecified atom stereocenters. The summed E-state index contributed by atoms with van der Waals surface area (Å²) in [4.78, 5) is 30.3. The Labute approximate surface area is 166 Å². The minimum Gasteiger partial charge on any atom is -0.322 e. The average Bonchev–Trinajstić information content (AvgIpc) is 2.70. The largest absolute Gasteiger partial charge is 0.322 e. The van der Waals surface area contributed by atoms with E-state index in [-0.39, 0.29) is 5.56 Å².